The predicted octanol–water partition coefficient (Wildman–Crippen LogP) is 2.63. The van der Waals surface area contributed by atoms with Crippen LogP contribution in [0.5, 0.6) is 23.0 Å². The molecule has 0 bridgehead atoms. The molecule has 0 fully saturated rings. The van der Waals surface area contributed by atoms with Crippen LogP contribution >= 0.6 is 0 Å². The van der Waals surface area contributed by atoms with Crippen LogP contribution in [0.4, 0.5) is 0 Å². The van der Waals surface area contributed by atoms with E-state index in [-0.39, 0.29) is 29.3 Å². The molecular formula is C18H21NO4. The SMILES string of the molecule is COc1ccc(CC2NC(C)Cc3cc(O)c(O)cc32)cc1O. The minimum absolute atomic E-state index is 0.00745. The Labute approximate surface area is 135 Å². The molecule has 23 heavy (non-hydrogen) atoms. The fourth-order valence-corrected chi connectivity index (χ4v) is 3.23. The van der Waals surface area contributed by atoms with E-state index in [4.69, 9.17) is 4.74 Å². The topological polar surface area (TPSA) is 82.0 Å². The number of fused-ring (bicyclic) bond motifs is 1. The lowest BCUT2D eigenvalue weighted by molar-refractivity contribution is 0.372. The van der Waals surface area contributed by atoms with Crippen LogP contribution < -0.4 is 10.1 Å². The van der Waals surface area contributed by atoms with Gasteiger partial charge in [0.2, 0.25) is 0 Å². The first kappa shape index (κ1) is 15.5. The third kappa shape index (κ3) is 3.05. The van der Waals surface area contributed by atoms with Gasteiger partial charge in [-0.25, -0.2) is 0 Å². The summed E-state index contributed by atoms with van der Waals surface area (Å²) >= 11 is 0. The van der Waals surface area contributed by atoms with Gasteiger partial charge in [-0.1, -0.05) is 6.07 Å². The van der Waals surface area contributed by atoms with Crippen molar-refractivity contribution in [2.24, 2.45) is 0 Å². The second-order valence-corrected chi connectivity index (χ2v) is 6.07. The van der Waals surface area contributed by atoms with Gasteiger partial charge in [-0.15, -0.1) is 0 Å². The Morgan fingerprint density at radius 1 is 1.09 bits per heavy atom. The average Bonchev–Trinajstić information content (AvgIpc) is 2.49. The van der Waals surface area contributed by atoms with Gasteiger partial charge in [0.1, 0.15) is 0 Å². The van der Waals surface area contributed by atoms with Crippen molar-refractivity contribution in [3.63, 3.8) is 0 Å². The molecule has 3 rings (SSSR count). The number of ether oxygens (including phenoxy) is 1. The Morgan fingerprint density at radius 2 is 1.83 bits per heavy atom. The highest BCUT2D eigenvalue weighted by atomic mass is 16.5. The van der Waals surface area contributed by atoms with Crippen LogP contribution in [0.1, 0.15) is 29.7 Å². The summed E-state index contributed by atoms with van der Waals surface area (Å²) in [7, 11) is 1.52. The van der Waals surface area contributed by atoms with E-state index in [1.807, 2.05) is 6.07 Å². The van der Waals surface area contributed by atoms with Crippen LogP contribution in [0.3, 0.4) is 0 Å². The lowest BCUT2D eigenvalue weighted by atomic mass is 9.87. The van der Waals surface area contributed by atoms with Gasteiger partial charge < -0.3 is 25.4 Å². The Hall–Kier alpha value is -2.40. The number of methoxy groups -OCH3 is 1. The summed E-state index contributed by atoms with van der Waals surface area (Å²) < 4.78 is 5.07. The second-order valence-electron chi connectivity index (χ2n) is 6.07. The number of aromatic hydroxyl groups is 3. The number of phenols is 3. The molecule has 1 aliphatic rings. The van der Waals surface area contributed by atoms with Crippen LogP contribution in [0, 0.1) is 0 Å². The highest BCUT2D eigenvalue weighted by Crippen LogP contribution is 2.36. The summed E-state index contributed by atoms with van der Waals surface area (Å²) in [5.41, 5.74) is 2.98. The van der Waals surface area contributed by atoms with Gasteiger partial charge in [-0.2, -0.15) is 0 Å². The predicted molar refractivity (Wildman–Crippen MR) is 87.2 cm³/mol. The van der Waals surface area contributed by atoms with E-state index in [1.165, 1.54) is 7.11 Å². The molecule has 0 saturated heterocycles. The smallest absolute Gasteiger partial charge is 0.160 e. The second kappa shape index (κ2) is 6.01. The van der Waals surface area contributed by atoms with Crippen molar-refractivity contribution in [1.82, 2.24) is 5.32 Å². The van der Waals surface area contributed by atoms with Crippen LogP contribution in [-0.4, -0.2) is 28.5 Å². The molecule has 122 valence electrons. The molecule has 5 nitrogen and oxygen atoms in total. The van der Waals surface area contributed by atoms with Gasteiger partial charge in [0, 0.05) is 12.1 Å². The number of nitrogens with one attached hydrogen (secondary N) is 1. The number of benzene rings is 2. The molecule has 0 aromatic heterocycles. The standard InChI is InChI=1S/C18H21NO4/c1-10-5-12-8-15(20)16(21)9-13(12)14(19-10)6-11-3-4-18(23-2)17(22)7-11/h3-4,7-10,14,19-22H,5-6H2,1-2H3. The molecule has 0 radical (unpaired) electrons. The fraction of sp³-hybridized carbons (Fsp3) is 0.333. The van der Waals surface area contributed by atoms with Gasteiger partial charge in [0.25, 0.3) is 0 Å². The van der Waals surface area contributed by atoms with Gasteiger partial charge in [0.15, 0.2) is 23.0 Å². The minimum Gasteiger partial charge on any atom is -0.504 e. The molecule has 4 N–H and O–H groups in total. The van der Waals surface area contributed by atoms with Crippen molar-refractivity contribution in [2.75, 3.05) is 7.11 Å². The Balaban J connectivity index is 1.92. The lowest BCUT2D eigenvalue weighted by Crippen LogP contribution is -2.38. The molecule has 2 aromatic rings. The molecule has 0 saturated carbocycles. The Kier molecular flexibility index (Phi) is 4.05. The summed E-state index contributed by atoms with van der Waals surface area (Å²) in [4.78, 5) is 0. The van der Waals surface area contributed by atoms with E-state index in [2.05, 4.69) is 12.2 Å². The van der Waals surface area contributed by atoms with Crippen LogP contribution in [0.25, 0.3) is 0 Å². The van der Waals surface area contributed by atoms with Crippen molar-refractivity contribution >= 4 is 0 Å². The highest BCUT2D eigenvalue weighted by molar-refractivity contribution is 5.49. The van der Waals surface area contributed by atoms with E-state index >= 15 is 0 Å². The maximum absolute atomic E-state index is 9.93. The fourth-order valence-electron chi connectivity index (χ4n) is 3.23. The van der Waals surface area contributed by atoms with Gasteiger partial charge in [0.05, 0.1) is 7.11 Å². The molecule has 1 heterocycles. The number of phenolic OH excluding ortho intramolecular Hbond substituents is 3. The molecule has 5 heteroatoms. The number of hydrogen-bond donors (Lipinski definition) is 4. The van der Waals surface area contributed by atoms with E-state index in [1.54, 1.807) is 24.3 Å². The number of rotatable bonds is 3. The first-order valence-electron chi connectivity index (χ1n) is 7.64. The maximum Gasteiger partial charge on any atom is 0.160 e. The van der Waals surface area contributed by atoms with Crippen LogP contribution in [0.2, 0.25) is 0 Å². The van der Waals surface area contributed by atoms with Crippen molar-refractivity contribution in [2.45, 2.75) is 31.8 Å². The zero-order valence-corrected chi connectivity index (χ0v) is 13.2. The zero-order chi connectivity index (χ0) is 16.6. The monoisotopic (exact) mass is 315 g/mol. The van der Waals surface area contributed by atoms with E-state index in [9.17, 15) is 15.3 Å². The first-order chi connectivity index (χ1) is 11.0. The summed E-state index contributed by atoms with van der Waals surface area (Å²) in [6.07, 6.45) is 1.46. The van der Waals surface area contributed by atoms with Crippen molar-refractivity contribution < 1.29 is 20.1 Å². The third-order valence-corrected chi connectivity index (χ3v) is 4.31. The molecule has 0 amide bonds. The van der Waals surface area contributed by atoms with E-state index in [0.717, 1.165) is 23.1 Å². The lowest BCUT2D eigenvalue weighted by Gasteiger charge is -2.32. The largest absolute Gasteiger partial charge is 0.504 e. The molecule has 0 spiro atoms. The normalized spacial score (nSPS) is 20.1. The summed E-state index contributed by atoms with van der Waals surface area (Å²) in [5, 5.41) is 33.0. The summed E-state index contributed by atoms with van der Waals surface area (Å²) in [6.45, 7) is 2.09. The summed E-state index contributed by atoms with van der Waals surface area (Å²) in [6, 6.07) is 8.89. The van der Waals surface area contributed by atoms with Crippen LogP contribution in [0.15, 0.2) is 30.3 Å². The van der Waals surface area contributed by atoms with Gasteiger partial charge in [-0.3, -0.25) is 0 Å². The first-order valence-corrected chi connectivity index (χ1v) is 7.64. The maximum atomic E-state index is 9.93. The molecule has 0 aliphatic carbocycles. The van der Waals surface area contributed by atoms with Crippen molar-refractivity contribution in [3.8, 4) is 23.0 Å². The minimum atomic E-state index is -0.109. The van der Waals surface area contributed by atoms with E-state index < -0.39 is 0 Å². The molecular weight excluding hydrogens is 294 g/mol. The molecule has 2 unspecified atom stereocenters. The van der Waals surface area contributed by atoms with Crippen LogP contribution in [-0.2, 0) is 12.8 Å². The van der Waals surface area contributed by atoms with Gasteiger partial charge >= 0.3 is 0 Å². The quantitative estimate of drug-likeness (QED) is 0.655. The van der Waals surface area contributed by atoms with Crippen molar-refractivity contribution in [1.29, 1.82) is 0 Å². The van der Waals surface area contributed by atoms with Crippen molar-refractivity contribution in [3.05, 3.63) is 47.0 Å². The third-order valence-electron chi connectivity index (χ3n) is 4.31. The van der Waals surface area contributed by atoms with Gasteiger partial charge in [-0.05, 0) is 60.7 Å². The zero-order valence-electron chi connectivity index (χ0n) is 13.2. The Bertz CT molecular complexity index is 729. The number of hydrogen-bond acceptors (Lipinski definition) is 5. The molecule has 1 aliphatic heterocycles. The highest BCUT2D eigenvalue weighted by Gasteiger charge is 2.25. The Morgan fingerprint density at radius 3 is 2.52 bits per heavy atom. The average molecular weight is 315 g/mol. The van der Waals surface area contributed by atoms with E-state index in [0.29, 0.717) is 12.2 Å². The molecule has 2 aromatic carbocycles. The molecule has 2 atom stereocenters. The summed E-state index contributed by atoms with van der Waals surface area (Å²) in [5.74, 6) is 0.366.